The first-order chi connectivity index (χ1) is 9.43. The lowest BCUT2D eigenvalue weighted by Crippen LogP contribution is -2.46. The lowest BCUT2D eigenvalue weighted by Gasteiger charge is -2.38. The van der Waals surface area contributed by atoms with Gasteiger partial charge in [-0.25, -0.2) is 0 Å². The molecule has 1 N–H and O–H groups in total. The molecule has 1 heterocycles. The van der Waals surface area contributed by atoms with E-state index in [-0.39, 0.29) is 23.2 Å². The van der Waals surface area contributed by atoms with Gasteiger partial charge in [0.05, 0.1) is 6.10 Å². The number of fused-ring (bicyclic) bond motifs is 1. The van der Waals surface area contributed by atoms with Crippen molar-refractivity contribution in [3.05, 3.63) is 12.2 Å². The molecule has 0 spiro atoms. The fraction of sp³-hybridized carbons (Fsp3) is 0.875. The first kappa shape index (κ1) is 17.2. The number of aliphatic hydroxyl groups excluding tert-OH is 1. The molecule has 5 heteroatoms. The molecule has 0 radical (unpaired) electrons. The van der Waals surface area contributed by atoms with Gasteiger partial charge in [0.1, 0.15) is 12.2 Å². The first-order valence-corrected chi connectivity index (χ1v) is 10.7. The van der Waals surface area contributed by atoms with Crippen LogP contribution in [0.2, 0.25) is 18.1 Å². The SMILES string of the molecule is CC1(C)O[C@@H]2[C@H](O1)[C@@H](CO[Si](C)(C)C(C)(C)C)C=C[C@@H]2O. The number of hydrogen-bond donors (Lipinski definition) is 1. The third kappa shape index (κ3) is 3.59. The molecule has 2 rings (SSSR count). The van der Waals surface area contributed by atoms with E-state index in [4.69, 9.17) is 13.9 Å². The van der Waals surface area contributed by atoms with Crippen LogP contribution >= 0.6 is 0 Å². The van der Waals surface area contributed by atoms with E-state index in [1.54, 1.807) is 0 Å². The third-order valence-electron chi connectivity index (χ3n) is 4.92. The average molecular weight is 314 g/mol. The highest BCUT2D eigenvalue weighted by atomic mass is 28.4. The fourth-order valence-corrected chi connectivity index (χ4v) is 3.60. The Hall–Kier alpha value is -0.203. The minimum atomic E-state index is -1.78. The maximum atomic E-state index is 10.1. The molecule has 0 amide bonds. The molecule has 0 aromatic carbocycles. The predicted molar refractivity (Wildman–Crippen MR) is 85.6 cm³/mol. The van der Waals surface area contributed by atoms with Crippen molar-refractivity contribution >= 4 is 8.32 Å². The Bertz CT molecular complexity index is 411. The molecular formula is C16H30O4Si. The molecule has 1 saturated heterocycles. The molecule has 1 aliphatic carbocycles. The molecule has 2 aliphatic rings. The Morgan fingerprint density at radius 1 is 1.14 bits per heavy atom. The molecule has 4 atom stereocenters. The predicted octanol–water partition coefficient (Wildman–Crippen LogP) is 3.08. The lowest BCUT2D eigenvalue weighted by molar-refractivity contribution is -0.154. The summed E-state index contributed by atoms with van der Waals surface area (Å²) in [6, 6.07) is 0. The zero-order chi connectivity index (χ0) is 16.1. The van der Waals surface area contributed by atoms with Crippen molar-refractivity contribution in [2.24, 2.45) is 5.92 Å². The topological polar surface area (TPSA) is 47.9 Å². The second kappa shape index (κ2) is 5.46. The van der Waals surface area contributed by atoms with Gasteiger partial charge in [-0.3, -0.25) is 0 Å². The smallest absolute Gasteiger partial charge is 0.192 e. The Balaban J connectivity index is 2.05. The van der Waals surface area contributed by atoms with Crippen molar-refractivity contribution in [2.75, 3.05) is 6.61 Å². The molecule has 0 aromatic heterocycles. The van der Waals surface area contributed by atoms with Crippen LogP contribution in [0.4, 0.5) is 0 Å². The summed E-state index contributed by atoms with van der Waals surface area (Å²) in [5, 5.41) is 10.3. The van der Waals surface area contributed by atoms with Gasteiger partial charge in [-0.2, -0.15) is 0 Å². The van der Waals surface area contributed by atoms with Crippen molar-refractivity contribution in [1.82, 2.24) is 0 Å². The van der Waals surface area contributed by atoms with Gasteiger partial charge in [0.25, 0.3) is 0 Å². The largest absolute Gasteiger partial charge is 0.416 e. The summed E-state index contributed by atoms with van der Waals surface area (Å²) < 4.78 is 18.1. The van der Waals surface area contributed by atoms with Gasteiger partial charge < -0.3 is 19.0 Å². The van der Waals surface area contributed by atoms with Crippen LogP contribution in [-0.2, 0) is 13.9 Å². The summed E-state index contributed by atoms with van der Waals surface area (Å²) in [5.41, 5.74) is 0. The van der Waals surface area contributed by atoms with Crippen LogP contribution in [0.3, 0.4) is 0 Å². The summed E-state index contributed by atoms with van der Waals surface area (Å²) in [4.78, 5) is 0. The molecule has 0 bridgehead atoms. The van der Waals surface area contributed by atoms with E-state index in [0.29, 0.717) is 6.61 Å². The highest BCUT2D eigenvalue weighted by Crippen LogP contribution is 2.40. The zero-order valence-corrected chi connectivity index (χ0v) is 15.3. The number of ether oxygens (including phenoxy) is 2. The average Bonchev–Trinajstić information content (AvgIpc) is 2.63. The van der Waals surface area contributed by atoms with Crippen LogP contribution in [0, 0.1) is 5.92 Å². The van der Waals surface area contributed by atoms with Gasteiger partial charge in [0.2, 0.25) is 0 Å². The molecule has 122 valence electrons. The monoisotopic (exact) mass is 314 g/mol. The second-order valence-corrected chi connectivity index (χ2v) is 13.0. The van der Waals surface area contributed by atoms with E-state index in [2.05, 4.69) is 33.9 Å². The van der Waals surface area contributed by atoms with E-state index in [9.17, 15) is 5.11 Å². The quantitative estimate of drug-likeness (QED) is 0.642. The molecular weight excluding hydrogens is 284 g/mol. The molecule has 21 heavy (non-hydrogen) atoms. The minimum absolute atomic E-state index is 0.134. The molecule has 0 aromatic rings. The van der Waals surface area contributed by atoms with Gasteiger partial charge in [0.15, 0.2) is 14.1 Å². The Morgan fingerprint density at radius 2 is 1.71 bits per heavy atom. The van der Waals surface area contributed by atoms with Crippen molar-refractivity contribution in [2.45, 2.75) is 76.8 Å². The first-order valence-electron chi connectivity index (χ1n) is 7.79. The number of hydrogen-bond acceptors (Lipinski definition) is 4. The Kier molecular flexibility index (Phi) is 4.46. The van der Waals surface area contributed by atoms with Gasteiger partial charge >= 0.3 is 0 Å². The van der Waals surface area contributed by atoms with Gasteiger partial charge in [-0.05, 0) is 32.0 Å². The summed E-state index contributed by atoms with van der Waals surface area (Å²) in [7, 11) is -1.78. The van der Waals surface area contributed by atoms with Crippen molar-refractivity contribution in [1.29, 1.82) is 0 Å². The molecule has 0 saturated carbocycles. The van der Waals surface area contributed by atoms with E-state index in [1.165, 1.54) is 0 Å². The highest BCUT2D eigenvalue weighted by Gasteiger charge is 2.49. The van der Waals surface area contributed by atoms with Crippen LogP contribution in [0.15, 0.2) is 12.2 Å². The normalized spacial score (nSPS) is 35.8. The zero-order valence-electron chi connectivity index (χ0n) is 14.3. The summed E-state index contributed by atoms with van der Waals surface area (Å²) >= 11 is 0. The van der Waals surface area contributed by atoms with Crippen LogP contribution < -0.4 is 0 Å². The standard InChI is InChI=1S/C16H30O4Si/c1-15(2,3)21(6,7)18-10-11-8-9-12(17)14-13(11)19-16(4,5)20-14/h8-9,11-14,17H,10H2,1-7H3/t11-,12+,13-,14+/m1/s1. The maximum Gasteiger partial charge on any atom is 0.192 e. The lowest BCUT2D eigenvalue weighted by atomic mass is 9.89. The fourth-order valence-electron chi connectivity index (χ4n) is 2.56. The highest BCUT2D eigenvalue weighted by molar-refractivity contribution is 6.74. The maximum absolute atomic E-state index is 10.1. The van der Waals surface area contributed by atoms with Gasteiger partial charge in [-0.1, -0.05) is 32.9 Å². The van der Waals surface area contributed by atoms with Crippen LogP contribution in [-0.4, -0.2) is 44.1 Å². The Morgan fingerprint density at radius 3 is 2.29 bits per heavy atom. The van der Waals surface area contributed by atoms with Crippen LogP contribution in [0.1, 0.15) is 34.6 Å². The van der Waals surface area contributed by atoms with Gasteiger partial charge in [-0.15, -0.1) is 0 Å². The second-order valence-electron chi connectivity index (χ2n) is 8.18. The van der Waals surface area contributed by atoms with E-state index >= 15 is 0 Å². The number of aliphatic hydroxyl groups is 1. The van der Waals surface area contributed by atoms with E-state index < -0.39 is 20.2 Å². The molecule has 0 unspecified atom stereocenters. The minimum Gasteiger partial charge on any atom is -0.416 e. The van der Waals surface area contributed by atoms with Gasteiger partial charge in [0, 0.05) is 12.5 Å². The third-order valence-corrected chi connectivity index (χ3v) is 9.42. The Labute approximate surface area is 129 Å². The van der Waals surface area contributed by atoms with Crippen LogP contribution in [0.25, 0.3) is 0 Å². The molecule has 1 fully saturated rings. The van der Waals surface area contributed by atoms with Crippen LogP contribution in [0.5, 0.6) is 0 Å². The van der Waals surface area contributed by atoms with Crippen molar-refractivity contribution < 1.29 is 19.0 Å². The summed E-state index contributed by atoms with van der Waals surface area (Å²) in [6.45, 7) is 15.6. The number of rotatable bonds is 3. The summed E-state index contributed by atoms with van der Waals surface area (Å²) in [6.07, 6.45) is 2.80. The molecule has 4 nitrogen and oxygen atoms in total. The van der Waals surface area contributed by atoms with Crippen molar-refractivity contribution in [3.8, 4) is 0 Å². The van der Waals surface area contributed by atoms with E-state index in [1.807, 2.05) is 26.0 Å². The molecule has 1 aliphatic heterocycles. The van der Waals surface area contributed by atoms with Crippen molar-refractivity contribution in [3.63, 3.8) is 0 Å². The summed E-state index contributed by atoms with van der Waals surface area (Å²) in [5.74, 6) is -0.508. The van der Waals surface area contributed by atoms with E-state index in [0.717, 1.165) is 0 Å².